The highest BCUT2D eigenvalue weighted by molar-refractivity contribution is 5.81. The maximum absolute atomic E-state index is 12.8. The molecular formula is C22H24N4O3. The summed E-state index contributed by atoms with van der Waals surface area (Å²) in [5, 5.41) is 0.543. The minimum Gasteiger partial charge on any atom is -0.495 e. The van der Waals surface area contributed by atoms with E-state index in [-0.39, 0.29) is 18.0 Å². The first-order valence-corrected chi connectivity index (χ1v) is 9.69. The maximum Gasteiger partial charge on any atom is 0.261 e. The van der Waals surface area contributed by atoms with Gasteiger partial charge in [0, 0.05) is 26.2 Å². The largest absolute Gasteiger partial charge is 0.495 e. The Hall–Kier alpha value is -3.35. The van der Waals surface area contributed by atoms with Crippen molar-refractivity contribution in [2.45, 2.75) is 13.5 Å². The van der Waals surface area contributed by atoms with Crippen LogP contribution in [-0.2, 0) is 11.3 Å². The second-order valence-corrected chi connectivity index (χ2v) is 7.19. The number of ether oxygens (including phenoxy) is 1. The molecule has 1 aromatic heterocycles. The third-order valence-corrected chi connectivity index (χ3v) is 5.42. The van der Waals surface area contributed by atoms with E-state index < -0.39 is 0 Å². The van der Waals surface area contributed by atoms with Crippen LogP contribution in [-0.4, -0.2) is 53.6 Å². The van der Waals surface area contributed by atoms with Gasteiger partial charge in [-0.2, -0.15) is 0 Å². The Morgan fingerprint density at radius 2 is 1.83 bits per heavy atom. The predicted molar refractivity (Wildman–Crippen MR) is 113 cm³/mol. The van der Waals surface area contributed by atoms with Crippen molar-refractivity contribution in [2.24, 2.45) is 0 Å². The number of carbonyl (C=O) groups is 1. The smallest absolute Gasteiger partial charge is 0.261 e. The lowest BCUT2D eigenvalue weighted by molar-refractivity contribution is -0.132. The van der Waals surface area contributed by atoms with Crippen LogP contribution in [0, 0.1) is 6.92 Å². The number of carbonyl (C=O) groups excluding carboxylic acids is 1. The number of nitrogens with zero attached hydrogens (tertiary/aromatic N) is 4. The molecule has 4 rings (SSSR count). The van der Waals surface area contributed by atoms with Crippen molar-refractivity contribution in [1.82, 2.24) is 14.5 Å². The van der Waals surface area contributed by atoms with Gasteiger partial charge in [-0.3, -0.25) is 14.2 Å². The lowest BCUT2D eigenvalue weighted by Gasteiger charge is -2.36. The lowest BCUT2D eigenvalue weighted by Crippen LogP contribution is -2.50. The number of rotatable bonds is 4. The number of anilines is 1. The molecule has 0 saturated carbocycles. The van der Waals surface area contributed by atoms with E-state index in [2.05, 4.69) is 9.88 Å². The molecule has 7 nitrogen and oxygen atoms in total. The number of piperazine rings is 1. The van der Waals surface area contributed by atoms with Crippen LogP contribution in [0.5, 0.6) is 5.75 Å². The summed E-state index contributed by atoms with van der Waals surface area (Å²) in [4.78, 5) is 33.9. The van der Waals surface area contributed by atoms with E-state index in [0.29, 0.717) is 24.0 Å². The molecule has 2 aromatic carbocycles. The van der Waals surface area contributed by atoms with E-state index in [1.54, 1.807) is 18.1 Å². The summed E-state index contributed by atoms with van der Waals surface area (Å²) in [7, 11) is 1.66. The molecule has 0 atom stereocenters. The Balaban J connectivity index is 1.45. The van der Waals surface area contributed by atoms with E-state index in [4.69, 9.17) is 4.74 Å². The number of aryl methyl sites for hydroxylation is 1. The normalized spacial score (nSPS) is 14.3. The van der Waals surface area contributed by atoms with Gasteiger partial charge < -0.3 is 14.5 Å². The highest BCUT2D eigenvalue weighted by Crippen LogP contribution is 2.28. The Morgan fingerprint density at radius 3 is 2.59 bits per heavy atom. The summed E-state index contributed by atoms with van der Waals surface area (Å²) in [5.41, 5.74) is 2.49. The van der Waals surface area contributed by atoms with Crippen LogP contribution in [0.3, 0.4) is 0 Å². The fraction of sp³-hybridized carbons (Fsp3) is 0.318. The molecule has 1 amide bonds. The molecular weight excluding hydrogens is 368 g/mol. The number of benzene rings is 2. The molecule has 1 aliphatic heterocycles. The van der Waals surface area contributed by atoms with E-state index in [1.807, 2.05) is 43.3 Å². The first-order valence-electron chi connectivity index (χ1n) is 9.69. The number of methoxy groups -OCH3 is 1. The number of para-hydroxylation sites is 3. The highest BCUT2D eigenvalue weighted by atomic mass is 16.5. The fourth-order valence-corrected chi connectivity index (χ4v) is 3.78. The summed E-state index contributed by atoms with van der Waals surface area (Å²) in [6.45, 7) is 4.57. The van der Waals surface area contributed by atoms with E-state index in [1.165, 1.54) is 10.9 Å². The number of fused-ring (bicyclic) bond motifs is 1. The van der Waals surface area contributed by atoms with Crippen LogP contribution in [0.4, 0.5) is 5.69 Å². The number of amides is 1. The minimum atomic E-state index is -0.181. The molecule has 7 heteroatoms. The Bertz CT molecular complexity index is 1100. The van der Waals surface area contributed by atoms with Crippen molar-refractivity contribution in [3.05, 3.63) is 64.7 Å². The molecule has 29 heavy (non-hydrogen) atoms. The summed E-state index contributed by atoms with van der Waals surface area (Å²) in [6.07, 6.45) is 1.47. The molecule has 0 spiro atoms. The molecule has 0 radical (unpaired) electrons. The second-order valence-electron chi connectivity index (χ2n) is 7.19. The molecule has 0 N–H and O–H groups in total. The van der Waals surface area contributed by atoms with Crippen molar-refractivity contribution < 1.29 is 9.53 Å². The van der Waals surface area contributed by atoms with Crippen molar-refractivity contribution in [3.63, 3.8) is 0 Å². The fourth-order valence-electron chi connectivity index (χ4n) is 3.78. The van der Waals surface area contributed by atoms with Crippen LogP contribution < -0.4 is 15.2 Å². The zero-order chi connectivity index (χ0) is 20.4. The zero-order valence-corrected chi connectivity index (χ0v) is 16.7. The molecule has 1 fully saturated rings. The zero-order valence-electron chi connectivity index (χ0n) is 16.7. The lowest BCUT2D eigenvalue weighted by atomic mass is 10.1. The highest BCUT2D eigenvalue weighted by Gasteiger charge is 2.23. The monoisotopic (exact) mass is 392 g/mol. The van der Waals surface area contributed by atoms with E-state index in [0.717, 1.165) is 30.1 Å². The second kappa shape index (κ2) is 7.95. The van der Waals surface area contributed by atoms with Crippen LogP contribution >= 0.6 is 0 Å². The molecule has 1 saturated heterocycles. The van der Waals surface area contributed by atoms with Crippen LogP contribution in [0.1, 0.15) is 5.56 Å². The predicted octanol–water partition coefficient (Wildman–Crippen LogP) is 2.06. The van der Waals surface area contributed by atoms with Gasteiger partial charge in [-0.25, -0.2) is 4.98 Å². The quantitative estimate of drug-likeness (QED) is 0.680. The van der Waals surface area contributed by atoms with Crippen LogP contribution in [0.15, 0.2) is 53.6 Å². The third-order valence-electron chi connectivity index (χ3n) is 5.42. The topological polar surface area (TPSA) is 67.7 Å². The number of aromatic nitrogens is 2. The summed E-state index contributed by atoms with van der Waals surface area (Å²) >= 11 is 0. The molecule has 0 aliphatic carbocycles. The van der Waals surface area contributed by atoms with Crippen molar-refractivity contribution in [2.75, 3.05) is 38.2 Å². The molecule has 2 heterocycles. The van der Waals surface area contributed by atoms with Crippen LogP contribution in [0.25, 0.3) is 10.9 Å². The van der Waals surface area contributed by atoms with E-state index in [9.17, 15) is 9.59 Å². The number of hydrogen-bond acceptors (Lipinski definition) is 5. The number of hydrogen-bond donors (Lipinski definition) is 0. The van der Waals surface area contributed by atoms with Gasteiger partial charge in [-0.1, -0.05) is 24.3 Å². The average molecular weight is 392 g/mol. The Morgan fingerprint density at radius 1 is 1.07 bits per heavy atom. The molecule has 0 unspecified atom stereocenters. The summed E-state index contributed by atoms with van der Waals surface area (Å²) < 4.78 is 6.84. The van der Waals surface area contributed by atoms with Gasteiger partial charge in [0.05, 0.1) is 30.0 Å². The SMILES string of the molecule is COc1ccccc1N1CCN(C(=O)Cn2cnc3c(C)cccc3c2=O)CC1. The molecule has 0 bridgehead atoms. The maximum atomic E-state index is 12.8. The Kier molecular flexibility index (Phi) is 5.20. The molecule has 3 aromatic rings. The van der Waals surface area contributed by atoms with Gasteiger partial charge in [0.15, 0.2) is 0 Å². The van der Waals surface area contributed by atoms with Gasteiger partial charge in [0.25, 0.3) is 5.56 Å². The van der Waals surface area contributed by atoms with Gasteiger partial charge in [0.1, 0.15) is 12.3 Å². The van der Waals surface area contributed by atoms with Gasteiger partial charge in [-0.05, 0) is 30.7 Å². The first-order chi connectivity index (χ1) is 14.1. The minimum absolute atomic E-state index is 0.00434. The molecule has 1 aliphatic rings. The summed E-state index contributed by atoms with van der Waals surface area (Å²) in [6, 6.07) is 13.4. The van der Waals surface area contributed by atoms with Gasteiger partial charge in [-0.15, -0.1) is 0 Å². The Labute approximate surface area is 169 Å². The average Bonchev–Trinajstić information content (AvgIpc) is 2.76. The van der Waals surface area contributed by atoms with Crippen LogP contribution in [0.2, 0.25) is 0 Å². The van der Waals surface area contributed by atoms with Gasteiger partial charge >= 0.3 is 0 Å². The van der Waals surface area contributed by atoms with Gasteiger partial charge in [0.2, 0.25) is 5.91 Å². The molecule has 150 valence electrons. The summed E-state index contributed by atoms with van der Waals surface area (Å²) in [5.74, 6) is 0.761. The van der Waals surface area contributed by atoms with Crippen molar-refractivity contribution >= 4 is 22.5 Å². The first kappa shape index (κ1) is 19.0. The standard InChI is InChI=1S/C22H24N4O3/c1-16-6-5-7-17-21(16)23-15-26(22(17)28)14-20(27)25-12-10-24(11-13-25)18-8-3-4-9-19(18)29-2/h3-9,15H,10-14H2,1-2H3. The van der Waals surface area contributed by atoms with Crippen molar-refractivity contribution in [1.29, 1.82) is 0 Å². The van der Waals surface area contributed by atoms with Crippen molar-refractivity contribution in [3.8, 4) is 5.75 Å². The third kappa shape index (κ3) is 3.68. The van der Waals surface area contributed by atoms with E-state index >= 15 is 0 Å².